The normalized spacial score (nSPS) is 20.1. The number of nitrogens with one attached hydrogen (secondary N) is 1. The van der Waals surface area contributed by atoms with Gasteiger partial charge in [0, 0.05) is 25.5 Å². The van der Waals surface area contributed by atoms with Crippen LogP contribution in [-0.4, -0.2) is 42.4 Å². The average Bonchev–Trinajstić information content (AvgIpc) is 3.29. The summed E-state index contributed by atoms with van der Waals surface area (Å²) in [6.45, 7) is 4.68. The number of nitrogens with zero attached hydrogens (tertiary/aromatic N) is 6. The van der Waals surface area contributed by atoms with Crippen LogP contribution >= 0.6 is 0 Å². The van der Waals surface area contributed by atoms with Gasteiger partial charge in [-0.3, -0.25) is 4.68 Å². The predicted molar refractivity (Wildman–Crippen MR) is 92.6 cm³/mol. The highest BCUT2D eigenvalue weighted by molar-refractivity contribution is 5.39. The second-order valence-electron chi connectivity index (χ2n) is 6.33. The van der Waals surface area contributed by atoms with E-state index in [1.54, 1.807) is 10.9 Å². The van der Waals surface area contributed by atoms with Crippen molar-refractivity contribution in [3.63, 3.8) is 0 Å². The molecule has 1 aliphatic heterocycles. The van der Waals surface area contributed by atoms with Gasteiger partial charge in [-0.2, -0.15) is 10.2 Å². The van der Waals surface area contributed by atoms with Gasteiger partial charge in [-0.15, -0.1) is 10.2 Å². The molecule has 0 aliphatic carbocycles. The van der Waals surface area contributed by atoms with Crippen LogP contribution in [0.25, 0.3) is 5.82 Å². The number of aromatic nitrogens is 6. The second-order valence-corrected chi connectivity index (χ2v) is 6.33. The Balaban J connectivity index is 1.51. The van der Waals surface area contributed by atoms with Gasteiger partial charge in [-0.1, -0.05) is 0 Å². The van der Waals surface area contributed by atoms with Crippen molar-refractivity contribution in [3.8, 4) is 5.82 Å². The molecule has 0 amide bonds. The molecule has 1 aliphatic rings. The Kier molecular flexibility index (Phi) is 3.96. The van der Waals surface area contributed by atoms with Crippen LogP contribution in [0, 0.1) is 13.8 Å². The van der Waals surface area contributed by atoms with Crippen molar-refractivity contribution in [2.45, 2.75) is 32.4 Å². The maximum absolute atomic E-state index is 5.89. The smallest absolute Gasteiger partial charge is 0.176 e. The van der Waals surface area contributed by atoms with E-state index < -0.39 is 0 Å². The Bertz CT molecular complexity index is 868. The highest BCUT2D eigenvalue weighted by Crippen LogP contribution is 2.30. The fourth-order valence-electron chi connectivity index (χ4n) is 3.26. The van der Waals surface area contributed by atoms with Gasteiger partial charge in [0.25, 0.3) is 0 Å². The van der Waals surface area contributed by atoms with Crippen LogP contribution in [-0.2, 0) is 11.8 Å². The molecule has 3 aromatic heterocycles. The lowest BCUT2D eigenvalue weighted by Crippen LogP contribution is -2.25. The number of hydrogen-bond acceptors (Lipinski definition) is 6. The molecule has 4 rings (SSSR count). The SMILES string of the molecule is Cc1cc(C)n(-c2ccc(N[C@H]3CCO[C@@H]3c3ccnn3C)nn2)n1. The van der Waals surface area contributed by atoms with Crippen LogP contribution in [0.1, 0.15) is 29.6 Å². The molecule has 2 atom stereocenters. The largest absolute Gasteiger partial charge is 0.370 e. The highest BCUT2D eigenvalue weighted by atomic mass is 16.5. The molecule has 0 spiro atoms. The molecule has 0 saturated carbocycles. The fourth-order valence-corrected chi connectivity index (χ4v) is 3.26. The minimum atomic E-state index is -0.0371. The maximum atomic E-state index is 5.89. The first-order valence-electron chi connectivity index (χ1n) is 8.35. The van der Waals surface area contributed by atoms with Gasteiger partial charge in [-0.25, -0.2) is 4.68 Å². The molecule has 0 unspecified atom stereocenters. The van der Waals surface area contributed by atoms with Crippen molar-refractivity contribution in [2.24, 2.45) is 7.05 Å². The third-order valence-electron chi connectivity index (χ3n) is 4.45. The molecular weight excluding hydrogens is 318 g/mol. The lowest BCUT2D eigenvalue weighted by Gasteiger charge is -2.20. The summed E-state index contributed by atoms with van der Waals surface area (Å²) in [6, 6.07) is 8.00. The lowest BCUT2D eigenvalue weighted by atomic mass is 10.1. The molecule has 0 radical (unpaired) electrons. The Labute approximate surface area is 145 Å². The zero-order valence-corrected chi connectivity index (χ0v) is 14.5. The predicted octanol–water partition coefficient (Wildman–Crippen LogP) is 1.95. The van der Waals surface area contributed by atoms with E-state index >= 15 is 0 Å². The number of aryl methyl sites for hydroxylation is 3. The first-order valence-corrected chi connectivity index (χ1v) is 8.35. The summed E-state index contributed by atoms with van der Waals surface area (Å²) in [5.74, 6) is 1.44. The van der Waals surface area contributed by atoms with Gasteiger partial charge in [0.2, 0.25) is 0 Å². The topological polar surface area (TPSA) is 82.7 Å². The van der Waals surface area contributed by atoms with Crippen LogP contribution in [0.2, 0.25) is 0 Å². The molecule has 1 N–H and O–H groups in total. The summed E-state index contributed by atoms with van der Waals surface area (Å²) < 4.78 is 9.53. The number of anilines is 1. The van der Waals surface area contributed by atoms with E-state index in [1.165, 1.54) is 0 Å². The Morgan fingerprint density at radius 1 is 1.20 bits per heavy atom. The summed E-state index contributed by atoms with van der Waals surface area (Å²) in [4.78, 5) is 0. The van der Waals surface area contributed by atoms with Crippen LogP contribution < -0.4 is 5.32 Å². The summed E-state index contributed by atoms with van der Waals surface area (Å²) in [6.07, 6.45) is 2.67. The summed E-state index contributed by atoms with van der Waals surface area (Å²) >= 11 is 0. The third kappa shape index (κ3) is 3.00. The van der Waals surface area contributed by atoms with E-state index in [0.29, 0.717) is 12.4 Å². The second kappa shape index (κ2) is 6.29. The lowest BCUT2D eigenvalue weighted by molar-refractivity contribution is 0.101. The Hall–Kier alpha value is -2.74. The average molecular weight is 339 g/mol. The van der Waals surface area contributed by atoms with Crippen LogP contribution in [0.3, 0.4) is 0 Å². The van der Waals surface area contributed by atoms with Crippen molar-refractivity contribution in [3.05, 3.63) is 47.5 Å². The quantitative estimate of drug-likeness (QED) is 0.782. The number of hydrogen-bond donors (Lipinski definition) is 1. The van der Waals surface area contributed by atoms with Crippen molar-refractivity contribution in [2.75, 3.05) is 11.9 Å². The maximum Gasteiger partial charge on any atom is 0.176 e. The van der Waals surface area contributed by atoms with E-state index in [9.17, 15) is 0 Å². The molecule has 4 heterocycles. The molecule has 8 heteroatoms. The van der Waals surface area contributed by atoms with Gasteiger partial charge in [-0.05, 0) is 44.5 Å². The molecule has 130 valence electrons. The van der Waals surface area contributed by atoms with E-state index in [4.69, 9.17) is 4.74 Å². The van der Waals surface area contributed by atoms with Crippen molar-refractivity contribution in [1.29, 1.82) is 0 Å². The van der Waals surface area contributed by atoms with E-state index in [0.717, 1.165) is 29.3 Å². The van der Waals surface area contributed by atoms with Gasteiger partial charge in [0.05, 0.1) is 17.4 Å². The zero-order chi connectivity index (χ0) is 17.4. The molecule has 1 saturated heterocycles. The summed E-state index contributed by atoms with van der Waals surface area (Å²) in [5, 5.41) is 20.7. The van der Waals surface area contributed by atoms with Gasteiger partial charge in [0.15, 0.2) is 5.82 Å². The first-order chi connectivity index (χ1) is 12.1. The summed E-state index contributed by atoms with van der Waals surface area (Å²) in [5.41, 5.74) is 3.05. The molecule has 0 aromatic carbocycles. The van der Waals surface area contributed by atoms with Gasteiger partial charge < -0.3 is 10.1 Å². The van der Waals surface area contributed by atoms with Crippen LogP contribution in [0.5, 0.6) is 0 Å². The molecular formula is C17H21N7O. The fraction of sp³-hybridized carbons (Fsp3) is 0.412. The third-order valence-corrected chi connectivity index (χ3v) is 4.45. The molecule has 3 aromatic rings. The number of ether oxygens (including phenoxy) is 1. The van der Waals surface area contributed by atoms with Gasteiger partial charge in [0.1, 0.15) is 11.9 Å². The Morgan fingerprint density at radius 3 is 2.72 bits per heavy atom. The van der Waals surface area contributed by atoms with Crippen molar-refractivity contribution in [1.82, 2.24) is 29.8 Å². The van der Waals surface area contributed by atoms with E-state index in [1.807, 2.05) is 49.8 Å². The standard InChI is InChI=1S/C17H21N7O/c1-11-10-12(2)24(22-11)16-5-4-15(20-21-16)19-13-7-9-25-17(13)14-6-8-18-23(14)3/h4-6,8,10,13,17H,7,9H2,1-3H3,(H,19,20)/t13-,17-/m0/s1. The minimum absolute atomic E-state index is 0.0371. The number of rotatable bonds is 4. The molecule has 8 nitrogen and oxygen atoms in total. The van der Waals surface area contributed by atoms with Crippen LogP contribution in [0.4, 0.5) is 5.82 Å². The molecule has 0 bridgehead atoms. The van der Waals surface area contributed by atoms with Gasteiger partial charge >= 0.3 is 0 Å². The van der Waals surface area contributed by atoms with E-state index in [-0.39, 0.29) is 12.1 Å². The monoisotopic (exact) mass is 339 g/mol. The summed E-state index contributed by atoms with van der Waals surface area (Å²) in [7, 11) is 1.93. The van der Waals surface area contributed by atoms with Crippen LogP contribution in [0.15, 0.2) is 30.5 Å². The molecule has 25 heavy (non-hydrogen) atoms. The van der Waals surface area contributed by atoms with Crippen molar-refractivity contribution >= 4 is 5.82 Å². The van der Waals surface area contributed by atoms with E-state index in [2.05, 4.69) is 25.7 Å². The minimum Gasteiger partial charge on any atom is -0.370 e. The first kappa shape index (κ1) is 15.8. The zero-order valence-electron chi connectivity index (χ0n) is 14.5. The Morgan fingerprint density at radius 2 is 2.08 bits per heavy atom. The molecule has 1 fully saturated rings. The highest BCUT2D eigenvalue weighted by Gasteiger charge is 2.31. The van der Waals surface area contributed by atoms with Crippen molar-refractivity contribution < 1.29 is 4.74 Å².